The second-order valence-electron chi connectivity index (χ2n) is 8.76. The van der Waals surface area contributed by atoms with Gasteiger partial charge in [0, 0.05) is 38.0 Å². The number of aliphatic hydroxyl groups excluding tert-OH is 1. The number of aromatic nitrogens is 1. The molecule has 2 aromatic rings. The molecule has 8 nitrogen and oxygen atoms in total. The third-order valence-corrected chi connectivity index (χ3v) is 6.37. The fourth-order valence-corrected chi connectivity index (χ4v) is 4.49. The normalized spacial score (nSPS) is 21.2. The van der Waals surface area contributed by atoms with E-state index in [1.54, 1.807) is 36.5 Å². The highest BCUT2D eigenvalue weighted by Crippen LogP contribution is 2.37. The highest BCUT2D eigenvalue weighted by molar-refractivity contribution is 5.95. The quantitative estimate of drug-likeness (QED) is 0.606. The number of hydrogen-bond donors (Lipinski definition) is 2. The molecule has 0 bridgehead atoms. The molecule has 1 fully saturated rings. The molecule has 4 rings (SSSR count). The Kier molecular flexibility index (Phi) is 7.15. The van der Waals surface area contributed by atoms with Crippen molar-refractivity contribution in [1.82, 2.24) is 4.98 Å². The van der Waals surface area contributed by atoms with Gasteiger partial charge in [-0.1, -0.05) is 6.92 Å². The van der Waals surface area contributed by atoms with E-state index in [-0.39, 0.29) is 12.7 Å². The molecule has 1 saturated heterocycles. The number of nitrogens with zero attached hydrogens (tertiary/aromatic N) is 4. The van der Waals surface area contributed by atoms with Crippen LogP contribution < -0.4 is 14.6 Å². The van der Waals surface area contributed by atoms with Crippen LogP contribution in [0.1, 0.15) is 31.7 Å². The van der Waals surface area contributed by atoms with E-state index >= 15 is 0 Å². The molecule has 1 aromatic carbocycles. The van der Waals surface area contributed by atoms with E-state index in [1.165, 1.54) is 6.92 Å². The molecule has 2 aliphatic heterocycles. The van der Waals surface area contributed by atoms with Crippen molar-refractivity contribution in [3.8, 4) is 5.75 Å². The van der Waals surface area contributed by atoms with Gasteiger partial charge in [0.15, 0.2) is 0 Å². The van der Waals surface area contributed by atoms with Crippen LogP contribution in [0, 0.1) is 5.92 Å². The number of alkyl halides is 3. The lowest BCUT2D eigenvalue weighted by molar-refractivity contribution is -0.137. The first-order valence-electron chi connectivity index (χ1n) is 11.4. The number of benzene rings is 1. The first-order chi connectivity index (χ1) is 16.7. The average Bonchev–Trinajstić information content (AvgIpc) is 3.16. The Hall–Kier alpha value is -3.34. The zero-order valence-electron chi connectivity index (χ0n) is 19.1. The highest BCUT2D eigenvalue weighted by Gasteiger charge is 2.48. The van der Waals surface area contributed by atoms with Gasteiger partial charge in [0.2, 0.25) is 0 Å². The number of carbonyl (C=O) groups is 1. The number of hydrogen-bond acceptors (Lipinski definition) is 7. The standard InChI is InChI=1S/C24H27F3N4O4/c1-15-20(13-22(33)34)31(29-23(15)24(25,26)27)17-2-4-18(5-3-17)35-19-7-10-30(11-8-19)21-12-16(14-32)6-9-28-21/h2-6,9,12,15,19-20,32H,7-8,10-11,13-14H2,1H3,(H,33,34)/t15-,20-/m0/s1. The van der Waals surface area contributed by atoms with Crippen LogP contribution in [-0.2, 0) is 11.4 Å². The van der Waals surface area contributed by atoms with Crippen molar-refractivity contribution in [2.75, 3.05) is 23.0 Å². The van der Waals surface area contributed by atoms with Gasteiger partial charge in [-0.3, -0.25) is 9.80 Å². The van der Waals surface area contributed by atoms with Gasteiger partial charge in [-0.2, -0.15) is 18.3 Å². The molecular formula is C24H27F3N4O4. The summed E-state index contributed by atoms with van der Waals surface area (Å²) >= 11 is 0. The van der Waals surface area contributed by atoms with Crippen molar-refractivity contribution in [2.24, 2.45) is 11.0 Å². The Morgan fingerprint density at radius 3 is 2.46 bits per heavy atom. The molecule has 0 aliphatic carbocycles. The lowest BCUT2D eigenvalue weighted by Gasteiger charge is -2.33. The Morgan fingerprint density at radius 1 is 1.17 bits per heavy atom. The van der Waals surface area contributed by atoms with Crippen LogP contribution in [0.3, 0.4) is 0 Å². The van der Waals surface area contributed by atoms with E-state index < -0.39 is 36.2 Å². The lowest BCUT2D eigenvalue weighted by Crippen LogP contribution is -2.38. The van der Waals surface area contributed by atoms with E-state index in [4.69, 9.17) is 4.74 Å². The fraction of sp³-hybridized carbons (Fsp3) is 0.458. The van der Waals surface area contributed by atoms with Gasteiger partial charge >= 0.3 is 12.1 Å². The van der Waals surface area contributed by atoms with E-state index in [9.17, 15) is 28.2 Å². The number of carboxylic acids is 1. The number of halogens is 3. The van der Waals surface area contributed by atoms with Crippen molar-refractivity contribution >= 4 is 23.2 Å². The van der Waals surface area contributed by atoms with Gasteiger partial charge in [0.1, 0.15) is 23.4 Å². The lowest BCUT2D eigenvalue weighted by atomic mass is 9.94. The molecule has 35 heavy (non-hydrogen) atoms. The summed E-state index contributed by atoms with van der Waals surface area (Å²) in [5.41, 5.74) is 0.201. The van der Waals surface area contributed by atoms with Crippen molar-refractivity contribution in [3.63, 3.8) is 0 Å². The van der Waals surface area contributed by atoms with E-state index in [2.05, 4.69) is 15.0 Å². The fourth-order valence-electron chi connectivity index (χ4n) is 4.49. The number of carboxylic acid groups (broad SMARTS) is 1. The maximum absolute atomic E-state index is 13.4. The SMILES string of the molecule is C[C@@H]1C(C(F)(F)F)=NN(c2ccc(OC3CCN(c4cc(CO)ccn4)CC3)cc2)[C@H]1CC(=O)O. The van der Waals surface area contributed by atoms with Crippen LogP contribution >= 0.6 is 0 Å². The summed E-state index contributed by atoms with van der Waals surface area (Å²) < 4.78 is 46.2. The van der Waals surface area contributed by atoms with Crippen molar-refractivity contribution in [2.45, 2.75) is 51.1 Å². The number of piperidine rings is 1. The summed E-state index contributed by atoms with van der Waals surface area (Å²) in [4.78, 5) is 17.8. The third kappa shape index (κ3) is 5.67. The van der Waals surface area contributed by atoms with Gasteiger partial charge in [0.25, 0.3) is 0 Å². The molecule has 2 aliphatic rings. The molecular weight excluding hydrogens is 465 g/mol. The number of rotatable bonds is 7. The minimum atomic E-state index is -4.63. The second-order valence-corrected chi connectivity index (χ2v) is 8.76. The molecule has 3 heterocycles. The van der Waals surface area contributed by atoms with Crippen LogP contribution in [0.5, 0.6) is 5.75 Å². The van der Waals surface area contributed by atoms with Crippen molar-refractivity contribution in [3.05, 3.63) is 48.2 Å². The van der Waals surface area contributed by atoms with E-state index in [1.807, 2.05) is 6.07 Å². The maximum atomic E-state index is 13.4. The molecule has 11 heteroatoms. The highest BCUT2D eigenvalue weighted by atomic mass is 19.4. The summed E-state index contributed by atoms with van der Waals surface area (Å²) in [6, 6.07) is 9.22. The number of pyridine rings is 1. The monoisotopic (exact) mass is 492 g/mol. The molecule has 0 saturated carbocycles. The number of ether oxygens (including phenoxy) is 1. The minimum absolute atomic E-state index is 0.0282. The first kappa shape index (κ1) is 24.8. The number of anilines is 2. The van der Waals surface area contributed by atoms with Gasteiger partial charge in [-0.25, -0.2) is 4.98 Å². The molecule has 0 spiro atoms. The molecule has 2 atom stereocenters. The van der Waals surface area contributed by atoms with Gasteiger partial charge in [-0.05, 0) is 42.0 Å². The second kappa shape index (κ2) is 10.1. The van der Waals surface area contributed by atoms with E-state index in [0.29, 0.717) is 11.4 Å². The van der Waals surface area contributed by atoms with Gasteiger partial charge < -0.3 is 19.8 Å². The van der Waals surface area contributed by atoms with Crippen LogP contribution in [-0.4, -0.2) is 58.3 Å². The van der Waals surface area contributed by atoms with Crippen LogP contribution in [0.4, 0.5) is 24.7 Å². The third-order valence-electron chi connectivity index (χ3n) is 6.37. The maximum Gasteiger partial charge on any atom is 0.431 e. The molecule has 0 amide bonds. The Bertz CT molecular complexity index is 1070. The molecule has 2 N–H and O–H groups in total. The van der Waals surface area contributed by atoms with E-state index in [0.717, 1.165) is 42.3 Å². The average molecular weight is 492 g/mol. The summed E-state index contributed by atoms with van der Waals surface area (Å²) in [5.74, 6) is -0.863. The number of aliphatic carboxylic acids is 1. The number of hydrazone groups is 1. The summed E-state index contributed by atoms with van der Waals surface area (Å²) in [6.07, 6.45) is -1.92. The Morgan fingerprint density at radius 2 is 1.86 bits per heavy atom. The summed E-state index contributed by atoms with van der Waals surface area (Å²) in [6.45, 7) is 2.78. The molecule has 0 radical (unpaired) electrons. The first-order valence-corrected chi connectivity index (χ1v) is 11.4. The van der Waals surface area contributed by atoms with Gasteiger partial charge in [0.05, 0.1) is 24.8 Å². The topological polar surface area (TPSA) is 98.5 Å². The summed E-state index contributed by atoms with van der Waals surface area (Å²) in [5, 5.41) is 23.4. The Labute approximate surface area is 200 Å². The minimum Gasteiger partial charge on any atom is -0.490 e. The van der Waals surface area contributed by atoms with Crippen LogP contribution in [0.2, 0.25) is 0 Å². The molecule has 0 unspecified atom stereocenters. The zero-order chi connectivity index (χ0) is 25.2. The van der Waals surface area contributed by atoms with Crippen molar-refractivity contribution < 1.29 is 32.9 Å². The zero-order valence-corrected chi connectivity index (χ0v) is 19.1. The van der Waals surface area contributed by atoms with Crippen molar-refractivity contribution in [1.29, 1.82) is 0 Å². The van der Waals surface area contributed by atoms with Crippen LogP contribution in [0.15, 0.2) is 47.7 Å². The smallest absolute Gasteiger partial charge is 0.431 e. The largest absolute Gasteiger partial charge is 0.490 e. The predicted octanol–water partition coefficient (Wildman–Crippen LogP) is 3.84. The molecule has 1 aromatic heterocycles. The van der Waals surface area contributed by atoms with Gasteiger partial charge in [-0.15, -0.1) is 0 Å². The predicted molar refractivity (Wildman–Crippen MR) is 124 cm³/mol. The summed E-state index contributed by atoms with van der Waals surface area (Å²) in [7, 11) is 0. The van der Waals surface area contributed by atoms with Crippen LogP contribution in [0.25, 0.3) is 0 Å². The Balaban J connectivity index is 1.40. The number of aliphatic hydroxyl groups is 1. The molecule has 188 valence electrons.